The standard InChI is InChI=1S/C10H12N6O2S/c1-15(5-7-3-2-4-19-7)10-8(16(17)18)9(14-11)12-6-13-10/h2-4,6H,5,11H2,1H3,(H,12,13,14). The second kappa shape index (κ2) is 5.59. The van der Waals surface area contributed by atoms with E-state index in [-0.39, 0.29) is 17.3 Å². The highest BCUT2D eigenvalue weighted by molar-refractivity contribution is 7.09. The highest BCUT2D eigenvalue weighted by atomic mass is 32.1. The van der Waals surface area contributed by atoms with Crippen LogP contribution in [-0.2, 0) is 6.54 Å². The lowest BCUT2D eigenvalue weighted by Crippen LogP contribution is -2.20. The molecule has 19 heavy (non-hydrogen) atoms. The van der Waals surface area contributed by atoms with Crippen LogP contribution in [0.5, 0.6) is 0 Å². The average Bonchev–Trinajstić information content (AvgIpc) is 2.90. The van der Waals surface area contributed by atoms with Gasteiger partial charge in [-0.2, -0.15) is 0 Å². The number of nitro groups is 1. The van der Waals surface area contributed by atoms with Gasteiger partial charge in [0.2, 0.25) is 11.6 Å². The van der Waals surface area contributed by atoms with Crippen molar-refractivity contribution < 1.29 is 4.92 Å². The number of aromatic nitrogens is 2. The summed E-state index contributed by atoms with van der Waals surface area (Å²) in [5, 5.41) is 13.1. The number of nitrogen functional groups attached to an aromatic ring is 1. The zero-order chi connectivity index (χ0) is 13.8. The van der Waals surface area contributed by atoms with Gasteiger partial charge in [0.05, 0.1) is 11.5 Å². The monoisotopic (exact) mass is 280 g/mol. The molecule has 2 rings (SSSR count). The van der Waals surface area contributed by atoms with Crippen LogP contribution in [0.15, 0.2) is 23.8 Å². The van der Waals surface area contributed by atoms with E-state index in [0.29, 0.717) is 6.54 Å². The molecular formula is C10H12N6O2S. The number of rotatable bonds is 5. The first-order valence-electron chi connectivity index (χ1n) is 5.33. The Kier molecular flexibility index (Phi) is 3.88. The number of nitrogens with two attached hydrogens (primary N) is 1. The quantitative estimate of drug-likeness (QED) is 0.483. The van der Waals surface area contributed by atoms with Crippen molar-refractivity contribution in [2.75, 3.05) is 17.4 Å². The molecule has 0 unspecified atom stereocenters. The Morgan fingerprint density at radius 1 is 1.58 bits per heavy atom. The van der Waals surface area contributed by atoms with Gasteiger partial charge in [-0.25, -0.2) is 15.8 Å². The van der Waals surface area contributed by atoms with E-state index in [1.807, 2.05) is 17.5 Å². The van der Waals surface area contributed by atoms with Crippen molar-refractivity contribution in [3.8, 4) is 0 Å². The minimum Gasteiger partial charge on any atom is -0.349 e. The van der Waals surface area contributed by atoms with Crippen molar-refractivity contribution in [3.05, 3.63) is 38.8 Å². The molecule has 0 aliphatic rings. The second-order valence-corrected chi connectivity index (χ2v) is 4.76. The number of hydrogen-bond acceptors (Lipinski definition) is 8. The van der Waals surface area contributed by atoms with E-state index in [9.17, 15) is 10.1 Å². The van der Waals surface area contributed by atoms with Crippen LogP contribution >= 0.6 is 11.3 Å². The number of hydrazine groups is 1. The van der Waals surface area contributed by atoms with Crippen molar-refractivity contribution in [1.29, 1.82) is 0 Å². The normalized spacial score (nSPS) is 10.2. The summed E-state index contributed by atoms with van der Waals surface area (Å²) in [4.78, 5) is 21.1. The third-order valence-electron chi connectivity index (χ3n) is 2.46. The molecule has 0 saturated heterocycles. The Hall–Kier alpha value is -2.26. The molecule has 0 fully saturated rings. The van der Waals surface area contributed by atoms with Crippen molar-refractivity contribution >= 4 is 28.7 Å². The maximum absolute atomic E-state index is 11.1. The number of nitrogens with zero attached hydrogens (tertiary/aromatic N) is 4. The largest absolute Gasteiger partial charge is 0.354 e. The molecule has 0 atom stereocenters. The van der Waals surface area contributed by atoms with Gasteiger partial charge in [-0.1, -0.05) is 6.07 Å². The Morgan fingerprint density at radius 2 is 2.37 bits per heavy atom. The maximum Gasteiger partial charge on any atom is 0.354 e. The first-order chi connectivity index (χ1) is 9.13. The Bertz CT molecular complexity index is 573. The molecule has 3 N–H and O–H groups in total. The molecule has 100 valence electrons. The molecule has 0 radical (unpaired) electrons. The van der Waals surface area contributed by atoms with Crippen molar-refractivity contribution in [1.82, 2.24) is 9.97 Å². The maximum atomic E-state index is 11.1. The molecule has 0 aliphatic heterocycles. The number of hydrogen-bond donors (Lipinski definition) is 2. The molecule has 0 saturated carbocycles. The lowest BCUT2D eigenvalue weighted by Gasteiger charge is -2.17. The average molecular weight is 280 g/mol. The Morgan fingerprint density at radius 3 is 2.95 bits per heavy atom. The lowest BCUT2D eigenvalue weighted by atomic mass is 10.3. The molecule has 2 aromatic heterocycles. The van der Waals surface area contributed by atoms with Gasteiger partial charge in [-0.15, -0.1) is 11.3 Å². The smallest absolute Gasteiger partial charge is 0.349 e. The van der Waals surface area contributed by atoms with Gasteiger partial charge in [0, 0.05) is 11.9 Å². The molecule has 0 bridgehead atoms. The van der Waals surface area contributed by atoms with E-state index >= 15 is 0 Å². The second-order valence-electron chi connectivity index (χ2n) is 3.73. The first-order valence-corrected chi connectivity index (χ1v) is 6.21. The van der Waals surface area contributed by atoms with Gasteiger partial charge in [0.25, 0.3) is 0 Å². The number of thiophene rings is 1. The van der Waals surface area contributed by atoms with Gasteiger partial charge in [0.15, 0.2) is 0 Å². The summed E-state index contributed by atoms with van der Waals surface area (Å²) in [6.07, 6.45) is 1.24. The molecule has 2 aromatic rings. The van der Waals surface area contributed by atoms with Gasteiger partial charge >= 0.3 is 5.69 Å². The lowest BCUT2D eigenvalue weighted by molar-refractivity contribution is -0.383. The zero-order valence-electron chi connectivity index (χ0n) is 10.1. The van der Waals surface area contributed by atoms with Crippen molar-refractivity contribution in [3.63, 3.8) is 0 Å². The van der Waals surface area contributed by atoms with E-state index in [4.69, 9.17) is 5.84 Å². The number of anilines is 2. The van der Waals surface area contributed by atoms with E-state index in [1.165, 1.54) is 6.33 Å². The molecule has 9 heteroatoms. The summed E-state index contributed by atoms with van der Waals surface area (Å²) in [6, 6.07) is 3.88. The Balaban J connectivity index is 2.35. The molecule has 2 heterocycles. The minimum absolute atomic E-state index is 0.00645. The molecule has 0 amide bonds. The van der Waals surface area contributed by atoms with Crippen LogP contribution in [0.2, 0.25) is 0 Å². The summed E-state index contributed by atoms with van der Waals surface area (Å²) in [7, 11) is 1.73. The van der Waals surface area contributed by atoms with Crippen LogP contribution in [0, 0.1) is 10.1 Å². The first kappa shape index (κ1) is 13.2. The molecular weight excluding hydrogens is 268 g/mol. The summed E-state index contributed by atoms with van der Waals surface area (Å²) >= 11 is 1.57. The molecule has 0 aromatic carbocycles. The van der Waals surface area contributed by atoms with E-state index < -0.39 is 4.92 Å². The van der Waals surface area contributed by atoms with Gasteiger partial charge < -0.3 is 10.3 Å². The minimum atomic E-state index is -0.546. The number of nitrogens with one attached hydrogen (secondary N) is 1. The summed E-state index contributed by atoms with van der Waals surface area (Å²) in [5.41, 5.74) is 1.98. The molecule has 0 aliphatic carbocycles. The van der Waals surface area contributed by atoms with Crippen molar-refractivity contribution in [2.45, 2.75) is 6.54 Å². The topological polar surface area (TPSA) is 110 Å². The molecule has 8 nitrogen and oxygen atoms in total. The van der Waals surface area contributed by atoms with E-state index in [2.05, 4.69) is 15.4 Å². The summed E-state index contributed by atoms with van der Waals surface area (Å²) < 4.78 is 0. The van der Waals surface area contributed by atoms with Crippen LogP contribution in [-0.4, -0.2) is 21.9 Å². The highest BCUT2D eigenvalue weighted by Gasteiger charge is 2.25. The fourth-order valence-corrected chi connectivity index (χ4v) is 2.39. The van der Waals surface area contributed by atoms with Crippen LogP contribution in [0.4, 0.5) is 17.3 Å². The summed E-state index contributed by atoms with van der Waals surface area (Å²) in [6.45, 7) is 0.527. The predicted molar refractivity (Wildman–Crippen MR) is 72.9 cm³/mol. The van der Waals surface area contributed by atoms with Crippen LogP contribution in [0.1, 0.15) is 4.88 Å². The van der Waals surface area contributed by atoms with E-state index in [1.54, 1.807) is 23.3 Å². The fourth-order valence-electron chi connectivity index (χ4n) is 1.63. The van der Waals surface area contributed by atoms with E-state index in [0.717, 1.165) is 4.88 Å². The third kappa shape index (κ3) is 2.77. The predicted octanol–water partition coefficient (Wildman–Crippen LogP) is 1.37. The van der Waals surface area contributed by atoms with Gasteiger partial charge in [-0.05, 0) is 11.4 Å². The van der Waals surface area contributed by atoms with Crippen LogP contribution < -0.4 is 16.2 Å². The SMILES string of the molecule is CN(Cc1cccs1)c1ncnc(NN)c1[N+](=O)[O-]. The third-order valence-corrected chi connectivity index (χ3v) is 3.32. The van der Waals surface area contributed by atoms with Crippen LogP contribution in [0.3, 0.4) is 0 Å². The fraction of sp³-hybridized carbons (Fsp3) is 0.200. The van der Waals surface area contributed by atoms with Gasteiger partial charge in [0.1, 0.15) is 6.33 Å². The highest BCUT2D eigenvalue weighted by Crippen LogP contribution is 2.31. The molecule has 0 spiro atoms. The Labute approximate surface area is 113 Å². The van der Waals surface area contributed by atoms with Gasteiger partial charge in [-0.3, -0.25) is 10.1 Å². The van der Waals surface area contributed by atoms with Crippen molar-refractivity contribution in [2.24, 2.45) is 5.84 Å². The van der Waals surface area contributed by atoms with Crippen LogP contribution in [0.25, 0.3) is 0 Å². The zero-order valence-corrected chi connectivity index (χ0v) is 10.9. The summed E-state index contributed by atoms with van der Waals surface area (Å²) in [5.74, 6) is 5.45.